The molecule has 5 nitrogen and oxygen atoms in total. The van der Waals surface area contributed by atoms with Crippen molar-refractivity contribution in [2.75, 3.05) is 11.4 Å². The number of carbonyl (C=O) groups excluding carboxylic acids is 2. The molecule has 2 amide bonds. The lowest BCUT2D eigenvalue weighted by molar-refractivity contribution is -0.117. The van der Waals surface area contributed by atoms with Gasteiger partial charge in [-0.25, -0.2) is 4.39 Å². The van der Waals surface area contributed by atoms with Crippen LogP contribution in [0.25, 0.3) is 11.3 Å². The lowest BCUT2D eigenvalue weighted by atomic mass is 10.1. The van der Waals surface area contributed by atoms with Gasteiger partial charge in [0, 0.05) is 25.2 Å². The Morgan fingerprint density at radius 1 is 1.07 bits per heavy atom. The summed E-state index contributed by atoms with van der Waals surface area (Å²) in [7, 11) is 0. The van der Waals surface area contributed by atoms with E-state index >= 15 is 0 Å². The van der Waals surface area contributed by atoms with Crippen molar-refractivity contribution in [2.45, 2.75) is 19.4 Å². The van der Waals surface area contributed by atoms with E-state index in [1.165, 1.54) is 12.1 Å². The van der Waals surface area contributed by atoms with Crippen LogP contribution in [0.4, 0.5) is 10.1 Å². The van der Waals surface area contributed by atoms with Crippen LogP contribution >= 0.6 is 0 Å². The quantitative estimate of drug-likeness (QED) is 0.726. The van der Waals surface area contributed by atoms with E-state index in [9.17, 15) is 14.0 Å². The highest BCUT2D eigenvalue weighted by Crippen LogP contribution is 2.25. The zero-order valence-corrected chi connectivity index (χ0v) is 15.2. The third-order valence-electron chi connectivity index (χ3n) is 4.74. The molecule has 0 aliphatic carbocycles. The van der Waals surface area contributed by atoms with E-state index in [4.69, 9.17) is 4.42 Å². The first-order chi connectivity index (χ1) is 13.6. The zero-order chi connectivity index (χ0) is 19.5. The van der Waals surface area contributed by atoms with Gasteiger partial charge in [0.15, 0.2) is 5.76 Å². The molecule has 0 spiro atoms. The van der Waals surface area contributed by atoms with Crippen LogP contribution in [0.2, 0.25) is 0 Å². The fraction of sp³-hybridized carbons (Fsp3) is 0.182. The van der Waals surface area contributed by atoms with Gasteiger partial charge in [0.1, 0.15) is 11.6 Å². The molecule has 0 bridgehead atoms. The summed E-state index contributed by atoms with van der Waals surface area (Å²) in [5.74, 6) is -0.202. The molecule has 1 aliphatic heterocycles. The summed E-state index contributed by atoms with van der Waals surface area (Å²) in [4.78, 5) is 25.9. The Kier molecular flexibility index (Phi) is 4.93. The van der Waals surface area contributed by atoms with Crippen molar-refractivity contribution in [2.24, 2.45) is 0 Å². The molecule has 2 aromatic carbocycles. The van der Waals surface area contributed by atoms with Crippen molar-refractivity contribution < 1.29 is 18.4 Å². The lowest BCUT2D eigenvalue weighted by Crippen LogP contribution is -2.24. The number of carbonyl (C=O) groups is 2. The van der Waals surface area contributed by atoms with Gasteiger partial charge in [-0.1, -0.05) is 24.3 Å². The topological polar surface area (TPSA) is 62.6 Å². The van der Waals surface area contributed by atoms with Crippen LogP contribution in [-0.2, 0) is 11.3 Å². The number of halogens is 1. The average molecular weight is 378 g/mol. The molecule has 1 aliphatic rings. The predicted molar refractivity (Wildman–Crippen MR) is 103 cm³/mol. The van der Waals surface area contributed by atoms with Crippen molar-refractivity contribution in [1.82, 2.24) is 5.32 Å². The minimum atomic E-state index is -0.402. The van der Waals surface area contributed by atoms with E-state index in [0.29, 0.717) is 24.3 Å². The van der Waals surface area contributed by atoms with Gasteiger partial charge in [0.25, 0.3) is 5.91 Å². The molecule has 1 N–H and O–H groups in total. The maximum absolute atomic E-state index is 13.8. The Balaban J connectivity index is 1.38. The molecule has 142 valence electrons. The highest BCUT2D eigenvalue weighted by Gasteiger charge is 2.21. The summed E-state index contributed by atoms with van der Waals surface area (Å²) in [6.45, 7) is 1.07. The van der Waals surface area contributed by atoms with Gasteiger partial charge in [0.05, 0.1) is 5.56 Å². The van der Waals surface area contributed by atoms with Crippen LogP contribution in [0, 0.1) is 5.82 Å². The normalized spacial score (nSPS) is 13.8. The largest absolute Gasteiger partial charge is 0.451 e. The summed E-state index contributed by atoms with van der Waals surface area (Å²) < 4.78 is 19.3. The van der Waals surface area contributed by atoms with Gasteiger partial charge >= 0.3 is 0 Å². The molecule has 4 rings (SSSR count). The Bertz CT molecular complexity index is 1010. The second-order valence-electron chi connectivity index (χ2n) is 6.64. The Morgan fingerprint density at radius 2 is 1.86 bits per heavy atom. The smallest absolute Gasteiger partial charge is 0.287 e. The Labute approximate surface area is 161 Å². The molecule has 6 heteroatoms. The molecule has 0 unspecified atom stereocenters. The van der Waals surface area contributed by atoms with Crippen molar-refractivity contribution >= 4 is 17.5 Å². The number of hydrogen-bond donors (Lipinski definition) is 1. The maximum atomic E-state index is 13.8. The van der Waals surface area contributed by atoms with E-state index in [-0.39, 0.29) is 17.6 Å². The molecule has 3 aromatic rings. The van der Waals surface area contributed by atoms with Crippen LogP contribution in [0.5, 0.6) is 0 Å². The van der Waals surface area contributed by atoms with Gasteiger partial charge in [-0.05, 0) is 48.4 Å². The highest BCUT2D eigenvalue weighted by molar-refractivity contribution is 5.95. The zero-order valence-electron chi connectivity index (χ0n) is 15.2. The number of amides is 2. The monoisotopic (exact) mass is 378 g/mol. The Morgan fingerprint density at radius 3 is 2.57 bits per heavy atom. The first-order valence-corrected chi connectivity index (χ1v) is 9.14. The summed E-state index contributed by atoms with van der Waals surface area (Å²) in [5.41, 5.74) is 2.09. The first-order valence-electron chi connectivity index (χ1n) is 9.14. The number of benzene rings is 2. The molecule has 1 aromatic heterocycles. The first kappa shape index (κ1) is 18.0. The number of nitrogens with zero attached hydrogens (tertiary/aromatic N) is 1. The van der Waals surface area contributed by atoms with E-state index in [1.807, 2.05) is 24.3 Å². The van der Waals surface area contributed by atoms with Gasteiger partial charge in [-0.15, -0.1) is 0 Å². The average Bonchev–Trinajstić information content (AvgIpc) is 3.36. The summed E-state index contributed by atoms with van der Waals surface area (Å²) in [6, 6.07) is 16.9. The molecule has 1 saturated heterocycles. The number of hydrogen-bond acceptors (Lipinski definition) is 3. The minimum absolute atomic E-state index is 0.123. The summed E-state index contributed by atoms with van der Waals surface area (Å²) in [5, 5.41) is 2.79. The lowest BCUT2D eigenvalue weighted by Gasteiger charge is -2.16. The van der Waals surface area contributed by atoms with E-state index in [2.05, 4.69) is 5.32 Å². The van der Waals surface area contributed by atoms with E-state index in [0.717, 1.165) is 24.2 Å². The number of nitrogens with one attached hydrogen (secondary N) is 1. The second-order valence-corrected chi connectivity index (χ2v) is 6.64. The predicted octanol–water partition coefficient (Wildman–Crippen LogP) is 4.14. The molecular formula is C22H19FN2O3. The number of rotatable bonds is 5. The van der Waals surface area contributed by atoms with Gasteiger partial charge in [-0.2, -0.15) is 0 Å². The van der Waals surface area contributed by atoms with E-state index in [1.54, 1.807) is 29.2 Å². The minimum Gasteiger partial charge on any atom is -0.451 e. The van der Waals surface area contributed by atoms with Crippen LogP contribution in [0.15, 0.2) is 65.1 Å². The molecule has 1 fully saturated rings. The van der Waals surface area contributed by atoms with Crippen molar-refractivity contribution in [3.63, 3.8) is 0 Å². The molecule has 2 heterocycles. The summed E-state index contributed by atoms with van der Waals surface area (Å²) in [6.07, 6.45) is 1.48. The van der Waals surface area contributed by atoms with Crippen LogP contribution in [0.3, 0.4) is 0 Å². The van der Waals surface area contributed by atoms with Crippen molar-refractivity contribution in [3.05, 3.63) is 77.8 Å². The summed E-state index contributed by atoms with van der Waals surface area (Å²) >= 11 is 0. The second kappa shape index (κ2) is 7.68. The molecule has 28 heavy (non-hydrogen) atoms. The van der Waals surface area contributed by atoms with E-state index < -0.39 is 5.82 Å². The van der Waals surface area contributed by atoms with Crippen LogP contribution in [-0.4, -0.2) is 18.4 Å². The van der Waals surface area contributed by atoms with Crippen LogP contribution in [0.1, 0.15) is 29.0 Å². The standard InChI is InChI=1S/C22H19FN2O3/c23-18-5-2-1-4-17(18)19-11-12-20(28-19)22(27)24-14-15-7-9-16(10-8-15)25-13-3-6-21(25)26/h1-2,4-5,7-12H,3,6,13-14H2,(H,24,27). The van der Waals surface area contributed by atoms with Crippen molar-refractivity contribution in [1.29, 1.82) is 0 Å². The molecule has 0 atom stereocenters. The molecule has 0 radical (unpaired) electrons. The SMILES string of the molecule is O=C(NCc1ccc(N2CCCC2=O)cc1)c1ccc(-c2ccccc2F)o1. The maximum Gasteiger partial charge on any atom is 0.287 e. The van der Waals surface area contributed by atoms with Gasteiger partial charge in [0.2, 0.25) is 5.91 Å². The molecule has 0 saturated carbocycles. The molecular weight excluding hydrogens is 359 g/mol. The van der Waals surface area contributed by atoms with Crippen molar-refractivity contribution in [3.8, 4) is 11.3 Å². The fourth-order valence-corrected chi connectivity index (χ4v) is 3.25. The highest BCUT2D eigenvalue weighted by atomic mass is 19.1. The van der Waals surface area contributed by atoms with Crippen LogP contribution < -0.4 is 10.2 Å². The van der Waals surface area contributed by atoms with Gasteiger partial charge < -0.3 is 14.6 Å². The number of anilines is 1. The van der Waals surface area contributed by atoms with Gasteiger partial charge in [-0.3, -0.25) is 9.59 Å². The number of furan rings is 1. The Hall–Kier alpha value is -3.41. The fourth-order valence-electron chi connectivity index (χ4n) is 3.25. The third-order valence-corrected chi connectivity index (χ3v) is 4.74. The third kappa shape index (κ3) is 3.67.